The summed E-state index contributed by atoms with van der Waals surface area (Å²) in [6, 6.07) is 3.59. The van der Waals surface area contributed by atoms with Crippen molar-refractivity contribution in [3.8, 4) is 5.82 Å². The van der Waals surface area contributed by atoms with E-state index < -0.39 is 5.41 Å². The number of amides is 1. The molecule has 0 aliphatic rings. The topological polar surface area (TPSA) is 59.8 Å². The van der Waals surface area contributed by atoms with E-state index in [1.165, 1.54) is 0 Å². The number of carbonyl (C=O) groups excluding carboxylic acids is 1. The number of aryl methyl sites for hydroxylation is 1. The van der Waals surface area contributed by atoms with Crippen molar-refractivity contribution in [1.29, 1.82) is 0 Å². The molecule has 1 amide bonds. The second-order valence-electron chi connectivity index (χ2n) is 5.19. The number of rotatable bonds is 4. The molecule has 1 N–H and O–H groups in total. The molecule has 2 rings (SSSR count). The quantitative estimate of drug-likeness (QED) is 0.882. The maximum absolute atomic E-state index is 12.2. The molecule has 0 saturated heterocycles. The fraction of sp³-hybridized carbons (Fsp3) is 0.357. The molecule has 6 heteroatoms. The third-order valence-electron chi connectivity index (χ3n) is 3.04. The number of nitrogens with zero attached hydrogens (tertiary/aromatic N) is 3. The first kappa shape index (κ1) is 14.5. The molecule has 2 heterocycles. The number of imidazole rings is 1. The monoisotopic (exact) mass is 292 g/mol. The number of anilines is 1. The van der Waals surface area contributed by atoms with E-state index in [-0.39, 0.29) is 11.8 Å². The van der Waals surface area contributed by atoms with Gasteiger partial charge in [0.1, 0.15) is 5.82 Å². The average molecular weight is 293 g/mol. The smallest absolute Gasteiger partial charge is 0.231 e. The minimum Gasteiger partial charge on any atom is -0.322 e. The predicted octanol–water partition coefficient (Wildman–Crippen LogP) is 2.78. The van der Waals surface area contributed by atoms with Crippen molar-refractivity contribution in [3.63, 3.8) is 0 Å². The lowest BCUT2D eigenvalue weighted by atomic mass is 9.95. The van der Waals surface area contributed by atoms with Crippen molar-refractivity contribution >= 4 is 23.2 Å². The van der Waals surface area contributed by atoms with Crippen molar-refractivity contribution < 1.29 is 4.79 Å². The Labute approximate surface area is 123 Å². The Balaban J connectivity index is 2.35. The van der Waals surface area contributed by atoms with Crippen LogP contribution in [0.3, 0.4) is 0 Å². The Kier molecular flexibility index (Phi) is 4.09. The highest BCUT2D eigenvalue weighted by Crippen LogP contribution is 2.23. The van der Waals surface area contributed by atoms with Gasteiger partial charge in [-0.1, -0.05) is 0 Å². The summed E-state index contributed by atoms with van der Waals surface area (Å²) in [7, 11) is 0. The molecule has 0 radical (unpaired) electrons. The van der Waals surface area contributed by atoms with Crippen LogP contribution in [0.5, 0.6) is 0 Å². The number of nitrogens with one attached hydrogen (secondary N) is 1. The molecule has 5 nitrogen and oxygen atoms in total. The number of halogens is 1. The number of carbonyl (C=O) groups is 1. The highest BCUT2D eigenvalue weighted by atomic mass is 35.5. The van der Waals surface area contributed by atoms with Crippen LogP contribution in [-0.4, -0.2) is 26.3 Å². The summed E-state index contributed by atoms with van der Waals surface area (Å²) < 4.78 is 1.82. The Bertz CT molecular complexity index is 621. The van der Waals surface area contributed by atoms with E-state index in [1.54, 1.807) is 38.5 Å². The standard InChI is InChI=1S/C14H17ClN4O/c1-10-16-7-8-19(10)12-11(5-4-6-17-12)18-13(20)14(2,3)9-15/h4-8H,9H2,1-3H3,(H,18,20). The van der Waals surface area contributed by atoms with E-state index in [0.29, 0.717) is 11.5 Å². The van der Waals surface area contributed by atoms with E-state index in [2.05, 4.69) is 15.3 Å². The van der Waals surface area contributed by atoms with Crippen LogP contribution in [0.25, 0.3) is 5.82 Å². The van der Waals surface area contributed by atoms with Crippen LogP contribution >= 0.6 is 11.6 Å². The minimum atomic E-state index is -0.640. The summed E-state index contributed by atoms with van der Waals surface area (Å²) in [6.45, 7) is 5.48. The van der Waals surface area contributed by atoms with Gasteiger partial charge in [0, 0.05) is 24.5 Å². The van der Waals surface area contributed by atoms with Gasteiger partial charge in [0.15, 0.2) is 5.82 Å². The third kappa shape index (κ3) is 2.82. The van der Waals surface area contributed by atoms with Gasteiger partial charge in [-0.3, -0.25) is 9.36 Å². The van der Waals surface area contributed by atoms with Gasteiger partial charge in [0.25, 0.3) is 0 Å². The first-order valence-electron chi connectivity index (χ1n) is 6.28. The van der Waals surface area contributed by atoms with Gasteiger partial charge in [-0.2, -0.15) is 0 Å². The molecule has 0 atom stereocenters. The zero-order valence-electron chi connectivity index (χ0n) is 11.7. The molecule has 20 heavy (non-hydrogen) atoms. The first-order chi connectivity index (χ1) is 9.45. The lowest BCUT2D eigenvalue weighted by Gasteiger charge is -2.21. The van der Waals surface area contributed by atoms with Crippen molar-refractivity contribution in [1.82, 2.24) is 14.5 Å². The lowest BCUT2D eigenvalue weighted by Crippen LogP contribution is -2.32. The summed E-state index contributed by atoms with van der Waals surface area (Å²) >= 11 is 5.83. The fourth-order valence-electron chi connectivity index (χ4n) is 1.64. The molecule has 2 aromatic rings. The van der Waals surface area contributed by atoms with Crippen molar-refractivity contribution in [3.05, 3.63) is 36.5 Å². The Morgan fingerprint density at radius 1 is 1.40 bits per heavy atom. The highest BCUT2D eigenvalue weighted by Gasteiger charge is 2.27. The summed E-state index contributed by atoms with van der Waals surface area (Å²) in [6.07, 6.45) is 5.18. The largest absolute Gasteiger partial charge is 0.322 e. The zero-order valence-corrected chi connectivity index (χ0v) is 12.5. The van der Waals surface area contributed by atoms with Crippen LogP contribution in [0.2, 0.25) is 0 Å². The van der Waals surface area contributed by atoms with Crippen LogP contribution in [0.1, 0.15) is 19.7 Å². The molecule has 0 bridgehead atoms. The fourth-order valence-corrected chi connectivity index (χ4v) is 1.76. The maximum Gasteiger partial charge on any atom is 0.231 e. The van der Waals surface area contributed by atoms with Crippen molar-refractivity contribution in [2.24, 2.45) is 5.41 Å². The molecule has 0 aromatic carbocycles. The molecule has 0 aliphatic heterocycles. The number of pyridine rings is 1. The summed E-state index contributed by atoms with van der Waals surface area (Å²) in [5.74, 6) is 1.55. The van der Waals surface area contributed by atoms with E-state index in [0.717, 1.165) is 5.82 Å². The number of alkyl halides is 1. The van der Waals surface area contributed by atoms with E-state index in [4.69, 9.17) is 11.6 Å². The Hall–Kier alpha value is -1.88. The van der Waals surface area contributed by atoms with Crippen LogP contribution < -0.4 is 5.32 Å². The Morgan fingerprint density at radius 2 is 2.15 bits per heavy atom. The lowest BCUT2D eigenvalue weighted by molar-refractivity contribution is -0.122. The third-order valence-corrected chi connectivity index (χ3v) is 3.71. The van der Waals surface area contributed by atoms with Gasteiger partial charge in [0.2, 0.25) is 5.91 Å². The van der Waals surface area contributed by atoms with E-state index in [1.807, 2.05) is 17.6 Å². The second-order valence-corrected chi connectivity index (χ2v) is 5.46. The Morgan fingerprint density at radius 3 is 2.75 bits per heavy atom. The molecule has 0 fully saturated rings. The molecule has 0 spiro atoms. The summed E-state index contributed by atoms with van der Waals surface area (Å²) in [5, 5.41) is 2.88. The highest BCUT2D eigenvalue weighted by molar-refractivity contribution is 6.20. The minimum absolute atomic E-state index is 0.139. The van der Waals surface area contributed by atoms with Crippen LogP contribution in [-0.2, 0) is 4.79 Å². The second kappa shape index (κ2) is 5.63. The van der Waals surface area contributed by atoms with Crippen LogP contribution in [0.15, 0.2) is 30.7 Å². The SMILES string of the molecule is Cc1nccn1-c1ncccc1NC(=O)C(C)(C)CCl. The molecule has 106 valence electrons. The number of hydrogen-bond acceptors (Lipinski definition) is 3. The summed E-state index contributed by atoms with van der Waals surface area (Å²) in [5.41, 5.74) is -0.00431. The van der Waals surface area contributed by atoms with Crippen molar-refractivity contribution in [2.75, 3.05) is 11.2 Å². The van der Waals surface area contributed by atoms with Gasteiger partial charge in [-0.15, -0.1) is 11.6 Å². The van der Waals surface area contributed by atoms with Crippen LogP contribution in [0, 0.1) is 12.3 Å². The molecular formula is C14H17ClN4O. The van der Waals surface area contributed by atoms with E-state index >= 15 is 0 Å². The molecule has 0 saturated carbocycles. The zero-order chi connectivity index (χ0) is 14.8. The van der Waals surface area contributed by atoms with Gasteiger partial charge < -0.3 is 5.32 Å². The first-order valence-corrected chi connectivity index (χ1v) is 6.82. The maximum atomic E-state index is 12.2. The predicted molar refractivity (Wildman–Crippen MR) is 79.2 cm³/mol. The summed E-state index contributed by atoms with van der Waals surface area (Å²) in [4.78, 5) is 20.7. The molecular weight excluding hydrogens is 276 g/mol. The molecule has 0 aliphatic carbocycles. The number of hydrogen-bond donors (Lipinski definition) is 1. The van der Waals surface area contributed by atoms with Gasteiger partial charge in [-0.05, 0) is 32.9 Å². The van der Waals surface area contributed by atoms with Crippen molar-refractivity contribution in [2.45, 2.75) is 20.8 Å². The van der Waals surface area contributed by atoms with E-state index in [9.17, 15) is 4.79 Å². The molecule has 2 aromatic heterocycles. The van der Waals surface area contributed by atoms with Gasteiger partial charge in [-0.25, -0.2) is 9.97 Å². The van der Waals surface area contributed by atoms with Gasteiger partial charge >= 0.3 is 0 Å². The normalized spacial score (nSPS) is 11.4. The van der Waals surface area contributed by atoms with Gasteiger partial charge in [0.05, 0.1) is 11.1 Å². The molecule has 0 unspecified atom stereocenters. The number of aromatic nitrogens is 3. The average Bonchev–Trinajstić information content (AvgIpc) is 2.85. The van der Waals surface area contributed by atoms with Crippen LogP contribution in [0.4, 0.5) is 5.69 Å².